The number of amides is 1. The van der Waals surface area contributed by atoms with E-state index in [9.17, 15) is 4.79 Å². The molecule has 0 spiro atoms. The molecule has 1 fully saturated rings. The fraction of sp³-hybridized carbons (Fsp3) is 0.435. The van der Waals surface area contributed by atoms with Crippen molar-refractivity contribution in [1.82, 2.24) is 10.2 Å². The standard InChI is InChI=1S/C23H28N2O4/c1-27-19-9-7-18(8-10-19)20-5-3-2-4-12-25(20)15-23(26)24-14-17-6-11-21-22(13-17)29-16-28-21/h6-11,13,20H,2-5,12,14-16H2,1H3,(H,24,26). The van der Waals surface area contributed by atoms with Gasteiger partial charge < -0.3 is 19.5 Å². The third kappa shape index (κ3) is 4.82. The van der Waals surface area contributed by atoms with Crippen molar-refractivity contribution in [3.63, 3.8) is 0 Å². The Morgan fingerprint density at radius 3 is 2.76 bits per heavy atom. The summed E-state index contributed by atoms with van der Waals surface area (Å²) in [6.45, 7) is 2.08. The van der Waals surface area contributed by atoms with Crippen LogP contribution in [-0.2, 0) is 11.3 Å². The molecule has 0 bridgehead atoms. The highest BCUT2D eigenvalue weighted by Gasteiger charge is 2.24. The molecule has 154 valence electrons. The third-order valence-electron chi connectivity index (χ3n) is 5.64. The molecule has 29 heavy (non-hydrogen) atoms. The van der Waals surface area contributed by atoms with Crippen LogP contribution in [0.15, 0.2) is 42.5 Å². The van der Waals surface area contributed by atoms with Gasteiger partial charge in [0.2, 0.25) is 12.7 Å². The summed E-state index contributed by atoms with van der Waals surface area (Å²) in [5, 5.41) is 3.05. The molecule has 2 aromatic rings. The predicted octanol–water partition coefficient (Wildman–Crippen LogP) is 3.66. The normalized spacial score (nSPS) is 18.9. The van der Waals surface area contributed by atoms with Crippen molar-refractivity contribution in [3.05, 3.63) is 53.6 Å². The molecule has 1 saturated heterocycles. The van der Waals surface area contributed by atoms with Crippen LogP contribution in [0.25, 0.3) is 0 Å². The van der Waals surface area contributed by atoms with Crippen molar-refractivity contribution in [3.8, 4) is 17.2 Å². The highest BCUT2D eigenvalue weighted by atomic mass is 16.7. The van der Waals surface area contributed by atoms with E-state index in [1.54, 1.807) is 7.11 Å². The molecule has 0 aliphatic carbocycles. The number of rotatable bonds is 6. The van der Waals surface area contributed by atoms with Gasteiger partial charge in [-0.1, -0.05) is 31.0 Å². The molecule has 2 aromatic carbocycles. The molecule has 1 amide bonds. The van der Waals surface area contributed by atoms with Crippen LogP contribution in [0.4, 0.5) is 0 Å². The molecule has 0 aromatic heterocycles. The second-order valence-electron chi connectivity index (χ2n) is 7.57. The second-order valence-corrected chi connectivity index (χ2v) is 7.57. The first kappa shape index (κ1) is 19.6. The summed E-state index contributed by atoms with van der Waals surface area (Å²) in [4.78, 5) is 15.0. The first-order chi connectivity index (χ1) is 14.2. The van der Waals surface area contributed by atoms with Crippen LogP contribution >= 0.6 is 0 Å². The number of methoxy groups -OCH3 is 1. The molecule has 2 aliphatic heterocycles. The predicted molar refractivity (Wildman–Crippen MR) is 110 cm³/mol. The van der Waals surface area contributed by atoms with Crippen molar-refractivity contribution >= 4 is 5.91 Å². The SMILES string of the molecule is COc1ccc(C2CCCCCN2CC(=O)NCc2ccc3c(c2)OCO3)cc1. The van der Waals surface area contributed by atoms with Gasteiger partial charge in [0, 0.05) is 12.6 Å². The van der Waals surface area contributed by atoms with Crippen LogP contribution in [0.2, 0.25) is 0 Å². The zero-order chi connectivity index (χ0) is 20.1. The molecule has 6 heteroatoms. The average molecular weight is 396 g/mol. The van der Waals surface area contributed by atoms with Crippen LogP contribution in [0.1, 0.15) is 42.9 Å². The van der Waals surface area contributed by atoms with E-state index in [0.29, 0.717) is 13.1 Å². The zero-order valence-corrected chi connectivity index (χ0v) is 16.9. The maximum absolute atomic E-state index is 12.7. The summed E-state index contributed by atoms with van der Waals surface area (Å²) >= 11 is 0. The smallest absolute Gasteiger partial charge is 0.234 e. The number of benzene rings is 2. The number of nitrogens with zero attached hydrogens (tertiary/aromatic N) is 1. The fourth-order valence-electron chi connectivity index (χ4n) is 4.05. The Bertz CT molecular complexity index is 837. The van der Waals surface area contributed by atoms with E-state index in [1.807, 2.05) is 30.3 Å². The van der Waals surface area contributed by atoms with E-state index >= 15 is 0 Å². The first-order valence-corrected chi connectivity index (χ1v) is 10.3. The van der Waals surface area contributed by atoms with E-state index < -0.39 is 0 Å². The van der Waals surface area contributed by atoms with Crippen LogP contribution in [0.3, 0.4) is 0 Å². The van der Waals surface area contributed by atoms with Crippen molar-refractivity contribution < 1.29 is 19.0 Å². The number of carbonyl (C=O) groups is 1. The van der Waals surface area contributed by atoms with Gasteiger partial charge in [-0.2, -0.15) is 0 Å². The summed E-state index contributed by atoms with van der Waals surface area (Å²) in [6, 6.07) is 14.3. The minimum absolute atomic E-state index is 0.0445. The van der Waals surface area contributed by atoms with E-state index in [-0.39, 0.29) is 18.7 Å². The topological polar surface area (TPSA) is 60.0 Å². The van der Waals surface area contributed by atoms with E-state index in [4.69, 9.17) is 14.2 Å². The maximum atomic E-state index is 12.7. The van der Waals surface area contributed by atoms with Gasteiger partial charge in [-0.25, -0.2) is 0 Å². The molecule has 4 rings (SSSR count). The van der Waals surface area contributed by atoms with Gasteiger partial charge in [0.25, 0.3) is 0 Å². The molecular weight excluding hydrogens is 368 g/mol. The second kappa shape index (κ2) is 9.18. The number of likely N-dealkylation sites (tertiary alicyclic amines) is 1. The van der Waals surface area contributed by atoms with Gasteiger partial charge >= 0.3 is 0 Å². The summed E-state index contributed by atoms with van der Waals surface area (Å²) in [7, 11) is 1.68. The molecule has 0 radical (unpaired) electrons. The lowest BCUT2D eigenvalue weighted by Gasteiger charge is -2.29. The van der Waals surface area contributed by atoms with Crippen molar-refractivity contribution in [1.29, 1.82) is 0 Å². The summed E-state index contributed by atoms with van der Waals surface area (Å²) in [5.74, 6) is 2.40. The van der Waals surface area contributed by atoms with Gasteiger partial charge in [0.05, 0.1) is 13.7 Å². The van der Waals surface area contributed by atoms with Gasteiger partial charge in [-0.3, -0.25) is 9.69 Å². The molecule has 1 N–H and O–H groups in total. The molecule has 6 nitrogen and oxygen atoms in total. The third-order valence-corrected chi connectivity index (χ3v) is 5.64. The van der Waals surface area contributed by atoms with Crippen molar-refractivity contribution in [2.75, 3.05) is 27.0 Å². The number of nitrogens with one attached hydrogen (secondary N) is 1. The van der Waals surface area contributed by atoms with Gasteiger partial charge in [0.1, 0.15) is 5.75 Å². The Kier molecular flexibility index (Phi) is 6.20. The number of carbonyl (C=O) groups excluding carboxylic acids is 1. The molecule has 0 saturated carbocycles. The lowest BCUT2D eigenvalue weighted by molar-refractivity contribution is -0.123. The number of hydrogen-bond donors (Lipinski definition) is 1. The Labute approximate surface area is 171 Å². The monoisotopic (exact) mass is 396 g/mol. The lowest BCUT2D eigenvalue weighted by Crippen LogP contribution is -2.39. The minimum Gasteiger partial charge on any atom is -0.497 e. The molecule has 2 heterocycles. The summed E-state index contributed by atoms with van der Waals surface area (Å²) in [5.41, 5.74) is 2.25. The highest BCUT2D eigenvalue weighted by Crippen LogP contribution is 2.33. The zero-order valence-electron chi connectivity index (χ0n) is 16.9. The number of hydrogen-bond acceptors (Lipinski definition) is 5. The maximum Gasteiger partial charge on any atom is 0.234 e. The molecule has 1 atom stereocenters. The van der Waals surface area contributed by atoms with Crippen LogP contribution < -0.4 is 19.5 Å². The summed E-state index contributed by atoms with van der Waals surface area (Å²) in [6.07, 6.45) is 4.60. The lowest BCUT2D eigenvalue weighted by atomic mass is 10.0. The quantitative estimate of drug-likeness (QED) is 0.808. The van der Waals surface area contributed by atoms with Gasteiger partial charge in [-0.15, -0.1) is 0 Å². The largest absolute Gasteiger partial charge is 0.497 e. The van der Waals surface area contributed by atoms with E-state index in [1.165, 1.54) is 18.4 Å². The Hall–Kier alpha value is -2.73. The van der Waals surface area contributed by atoms with Gasteiger partial charge in [0.15, 0.2) is 11.5 Å². The highest BCUT2D eigenvalue weighted by molar-refractivity contribution is 5.78. The summed E-state index contributed by atoms with van der Waals surface area (Å²) < 4.78 is 16.0. The first-order valence-electron chi connectivity index (χ1n) is 10.3. The average Bonchev–Trinajstić information content (AvgIpc) is 3.10. The number of ether oxygens (including phenoxy) is 3. The van der Waals surface area contributed by atoms with E-state index in [2.05, 4.69) is 22.3 Å². The Morgan fingerprint density at radius 2 is 1.93 bits per heavy atom. The van der Waals surface area contributed by atoms with Crippen LogP contribution in [-0.4, -0.2) is 37.8 Å². The molecule has 1 unspecified atom stereocenters. The minimum atomic E-state index is 0.0445. The fourth-order valence-corrected chi connectivity index (χ4v) is 4.05. The molecular formula is C23H28N2O4. The Morgan fingerprint density at radius 1 is 1.10 bits per heavy atom. The van der Waals surface area contributed by atoms with E-state index in [0.717, 1.165) is 42.2 Å². The van der Waals surface area contributed by atoms with Crippen molar-refractivity contribution in [2.24, 2.45) is 0 Å². The van der Waals surface area contributed by atoms with Crippen LogP contribution in [0.5, 0.6) is 17.2 Å². The number of fused-ring (bicyclic) bond motifs is 1. The van der Waals surface area contributed by atoms with Crippen LogP contribution in [0, 0.1) is 0 Å². The van der Waals surface area contributed by atoms with Crippen molar-refractivity contribution in [2.45, 2.75) is 38.3 Å². The Balaban J connectivity index is 1.37. The molecule has 2 aliphatic rings. The van der Waals surface area contributed by atoms with Gasteiger partial charge in [-0.05, 0) is 54.8 Å².